The summed E-state index contributed by atoms with van der Waals surface area (Å²) >= 11 is 12.0. The molecule has 4 rings (SSSR count). The van der Waals surface area contributed by atoms with Crippen molar-refractivity contribution in [3.63, 3.8) is 0 Å². The van der Waals surface area contributed by atoms with Gasteiger partial charge in [0.1, 0.15) is 6.04 Å². The molecule has 2 heterocycles. The average Bonchev–Trinajstić information content (AvgIpc) is 2.82. The molecule has 0 bridgehead atoms. The Hall–Kier alpha value is -2.81. The Kier molecular flexibility index (Phi) is 7.92. The number of rotatable bonds is 6. The Morgan fingerprint density at radius 3 is 2.41 bits per heavy atom. The second-order valence-corrected chi connectivity index (χ2v) is 9.27. The molecule has 2 saturated heterocycles. The quantitative estimate of drug-likeness (QED) is 0.632. The maximum atomic E-state index is 13.1. The molecule has 2 N–H and O–H groups in total. The van der Waals surface area contributed by atoms with Crippen LogP contribution in [0.25, 0.3) is 0 Å². The van der Waals surface area contributed by atoms with Crippen molar-refractivity contribution in [2.75, 3.05) is 56.0 Å². The van der Waals surface area contributed by atoms with Gasteiger partial charge in [-0.3, -0.25) is 19.3 Å². The first-order chi connectivity index (χ1) is 16.4. The number of carbonyl (C=O) groups excluding carboxylic acids is 3. The first-order valence-electron chi connectivity index (χ1n) is 11.2. The molecule has 1 atom stereocenters. The topological polar surface area (TPSA) is 85.0 Å². The van der Waals surface area contributed by atoms with Gasteiger partial charge < -0.3 is 20.4 Å². The number of nitrogens with zero attached hydrogens (tertiary/aromatic N) is 3. The smallest absolute Gasteiger partial charge is 0.243 e. The van der Waals surface area contributed by atoms with Crippen molar-refractivity contribution < 1.29 is 14.4 Å². The molecule has 2 aromatic rings. The fraction of sp³-hybridized carbons (Fsp3) is 0.375. The van der Waals surface area contributed by atoms with Gasteiger partial charge in [-0.15, -0.1) is 0 Å². The lowest BCUT2D eigenvalue weighted by molar-refractivity contribution is -0.145. The molecule has 10 heteroatoms. The molecule has 2 aliphatic rings. The highest BCUT2D eigenvalue weighted by molar-refractivity contribution is 6.31. The summed E-state index contributed by atoms with van der Waals surface area (Å²) in [6.45, 7) is 3.97. The van der Waals surface area contributed by atoms with Crippen molar-refractivity contribution in [1.29, 1.82) is 0 Å². The normalized spacial score (nSPS) is 19.0. The van der Waals surface area contributed by atoms with Gasteiger partial charge in [0.2, 0.25) is 17.7 Å². The molecule has 3 amide bonds. The van der Waals surface area contributed by atoms with Crippen LogP contribution in [0.4, 0.5) is 11.4 Å². The van der Waals surface area contributed by atoms with Gasteiger partial charge in [-0.2, -0.15) is 0 Å². The number of carbonyl (C=O) groups is 3. The van der Waals surface area contributed by atoms with Crippen molar-refractivity contribution in [2.24, 2.45) is 0 Å². The summed E-state index contributed by atoms with van der Waals surface area (Å²) in [5.74, 6) is -0.788. The second kappa shape index (κ2) is 11.1. The summed E-state index contributed by atoms with van der Waals surface area (Å²) in [6, 6.07) is 13.6. The lowest BCUT2D eigenvalue weighted by atomic mass is 10.1. The molecule has 0 aromatic heterocycles. The standard InChI is InChI=1S/C24H27Cl2N5O3/c25-17-4-6-19(7-5-17)28-22(32)15-21-24(34)27-8-9-31(21)23(33)16-29-10-12-30(13-11-29)20-3-1-2-18(26)14-20/h1-7,14,21H,8-13,15-16H2,(H,27,34)(H,28,32). The maximum Gasteiger partial charge on any atom is 0.243 e. The van der Waals surface area contributed by atoms with Gasteiger partial charge in [-0.25, -0.2) is 0 Å². The van der Waals surface area contributed by atoms with Crippen LogP contribution in [0.15, 0.2) is 48.5 Å². The minimum Gasteiger partial charge on any atom is -0.369 e. The van der Waals surface area contributed by atoms with Crippen molar-refractivity contribution in [2.45, 2.75) is 12.5 Å². The largest absolute Gasteiger partial charge is 0.369 e. The monoisotopic (exact) mass is 503 g/mol. The van der Waals surface area contributed by atoms with Gasteiger partial charge in [0.25, 0.3) is 0 Å². The van der Waals surface area contributed by atoms with Crippen molar-refractivity contribution in [3.8, 4) is 0 Å². The Bertz CT molecular complexity index is 1040. The summed E-state index contributed by atoms with van der Waals surface area (Å²) in [6.07, 6.45) is -0.108. The van der Waals surface area contributed by atoms with Crippen LogP contribution in [0.2, 0.25) is 10.0 Å². The summed E-state index contributed by atoms with van der Waals surface area (Å²) in [5, 5.41) is 6.79. The van der Waals surface area contributed by atoms with Crippen LogP contribution in [0.5, 0.6) is 0 Å². The predicted molar refractivity (Wildman–Crippen MR) is 133 cm³/mol. The number of piperazine rings is 2. The van der Waals surface area contributed by atoms with E-state index >= 15 is 0 Å². The molecular formula is C24H27Cl2N5O3. The van der Waals surface area contributed by atoms with Crippen LogP contribution < -0.4 is 15.5 Å². The van der Waals surface area contributed by atoms with Crippen molar-refractivity contribution >= 4 is 52.3 Å². The third kappa shape index (κ3) is 6.20. The molecule has 1 unspecified atom stereocenters. The van der Waals surface area contributed by atoms with Crippen LogP contribution in [0.1, 0.15) is 6.42 Å². The van der Waals surface area contributed by atoms with Crippen LogP contribution in [-0.4, -0.2) is 79.4 Å². The Balaban J connectivity index is 1.32. The summed E-state index contributed by atoms with van der Waals surface area (Å²) in [7, 11) is 0. The van der Waals surface area contributed by atoms with E-state index in [9.17, 15) is 14.4 Å². The molecule has 0 aliphatic carbocycles. The SMILES string of the molecule is O=C(CC1C(=O)NCCN1C(=O)CN1CCN(c2cccc(Cl)c2)CC1)Nc1ccc(Cl)cc1. The first-order valence-corrected chi connectivity index (χ1v) is 12.0. The molecule has 8 nitrogen and oxygen atoms in total. The van der Waals surface area contributed by atoms with Crippen molar-refractivity contribution in [1.82, 2.24) is 15.1 Å². The number of hydrogen-bond donors (Lipinski definition) is 2. The van der Waals surface area contributed by atoms with E-state index in [1.807, 2.05) is 24.3 Å². The maximum absolute atomic E-state index is 13.1. The van der Waals surface area contributed by atoms with E-state index in [0.717, 1.165) is 31.9 Å². The van der Waals surface area contributed by atoms with Crippen molar-refractivity contribution in [3.05, 3.63) is 58.6 Å². The lowest BCUT2D eigenvalue weighted by Crippen LogP contribution is -2.60. The van der Waals surface area contributed by atoms with E-state index in [2.05, 4.69) is 20.4 Å². The van der Waals surface area contributed by atoms with Crippen LogP contribution >= 0.6 is 23.2 Å². The Labute approximate surface area is 208 Å². The molecule has 2 aliphatic heterocycles. The van der Waals surface area contributed by atoms with Gasteiger partial charge in [-0.1, -0.05) is 29.3 Å². The fourth-order valence-electron chi connectivity index (χ4n) is 4.26. The number of benzene rings is 2. The van der Waals surface area contributed by atoms with Gasteiger partial charge in [0.05, 0.1) is 13.0 Å². The minimum absolute atomic E-state index is 0.108. The van der Waals surface area contributed by atoms with Crippen LogP contribution in [0, 0.1) is 0 Å². The van der Waals surface area contributed by atoms with Gasteiger partial charge >= 0.3 is 0 Å². The molecule has 2 fully saturated rings. The molecule has 0 saturated carbocycles. The molecule has 0 radical (unpaired) electrons. The lowest BCUT2D eigenvalue weighted by Gasteiger charge is -2.39. The molecule has 34 heavy (non-hydrogen) atoms. The molecule has 180 valence electrons. The molecule has 0 spiro atoms. The highest BCUT2D eigenvalue weighted by Crippen LogP contribution is 2.21. The average molecular weight is 504 g/mol. The number of halogens is 2. The third-order valence-corrected chi connectivity index (χ3v) is 6.55. The first kappa shape index (κ1) is 24.3. The van der Waals surface area contributed by atoms with Gasteiger partial charge in [0.15, 0.2) is 0 Å². The van der Waals surface area contributed by atoms with Crippen LogP contribution in [0.3, 0.4) is 0 Å². The number of amides is 3. The van der Waals surface area contributed by atoms with Gasteiger partial charge in [-0.05, 0) is 42.5 Å². The fourth-order valence-corrected chi connectivity index (χ4v) is 4.57. The highest BCUT2D eigenvalue weighted by atomic mass is 35.5. The second-order valence-electron chi connectivity index (χ2n) is 8.40. The summed E-state index contributed by atoms with van der Waals surface area (Å²) in [5.41, 5.74) is 1.65. The van der Waals surface area contributed by atoms with E-state index in [0.29, 0.717) is 28.8 Å². The van der Waals surface area contributed by atoms with Crippen LogP contribution in [-0.2, 0) is 14.4 Å². The summed E-state index contributed by atoms with van der Waals surface area (Å²) < 4.78 is 0. The van der Waals surface area contributed by atoms with E-state index in [1.54, 1.807) is 24.3 Å². The summed E-state index contributed by atoms with van der Waals surface area (Å²) in [4.78, 5) is 44.1. The zero-order chi connectivity index (χ0) is 24.1. The molecule has 2 aromatic carbocycles. The zero-order valence-electron chi connectivity index (χ0n) is 18.7. The third-order valence-electron chi connectivity index (χ3n) is 6.06. The zero-order valence-corrected chi connectivity index (χ0v) is 20.2. The number of hydrogen-bond acceptors (Lipinski definition) is 5. The molecular weight excluding hydrogens is 477 g/mol. The predicted octanol–water partition coefficient (Wildman–Crippen LogP) is 2.47. The van der Waals surface area contributed by atoms with E-state index in [-0.39, 0.29) is 30.7 Å². The van der Waals surface area contributed by atoms with E-state index in [4.69, 9.17) is 23.2 Å². The Morgan fingerprint density at radius 2 is 1.71 bits per heavy atom. The number of anilines is 2. The minimum atomic E-state index is -0.832. The Morgan fingerprint density at radius 1 is 0.971 bits per heavy atom. The highest BCUT2D eigenvalue weighted by Gasteiger charge is 2.35. The van der Waals surface area contributed by atoms with E-state index in [1.165, 1.54) is 4.90 Å². The van der Waals surface area contributed by atoms with E-state index < -0.39 is 6.04 Å². The number of nitrogens with one attached hydrogen (secondary N) is 2. The van der Waals surface area contributed by atoms with Gasteiger partial charge in [0, 0.05) is 60.7 Å².